The molecule has 1 unspecified atom stereocenters. The van der Waals surface area contributed by atoms with Gasteiger partial charge in [0.15, 0.2) is 6.79 Å². The predicted octanol–water partition coefficient (Wildman–Crippen LogP) is 15.7. The molecule has 0 N–H and O–H groups in total. The molecule has 6 aliphatic carbocycles. The summed E-state index contributed by atoms with van der Waals surface area (Å²) >= 11 is 0. The first-order chi connectivity index (χ1) is 39.5. The second-order valence-corrected chi connectivity index (χ2v) is 23.6. The topological polar surface area (TPSA) is 161 Å². The van der Waals surface area contributed by atoms with Crippen molar-refractivity contribution >= 4 is 23.9 Å². The zero-order chi connectivity index (χ0) is 60.3. The molecule has 0 spiro atoms. The third-order valence-electron chi connectivity index (χ3n) is 15.8. The van der Waals surface area contributed by atoms with Crippen molar-refractivity contribution < 1.29 is 66.5 Å². The molecule has 448 valence electrons. The van der Waals surface area contributed by atoms with Crippen LogP contribution in [0.3, 0.4) is 0 Å². The standard InChI is InChI=1S/C21H26O3.C17H22O4.C16H20O3.C15H20O4/c1-13(2)20(22)23-18-4-6-19(7-5-18)24-21(3)16-9-14-8-15(11-16)12-17(21)10-14;1-13(2)17(18)21-16-10-8-15(9-11-16)20-12-19-14-6-4-3-5-7-14;1-12(2)15(17)18-13-6-8-14(9-7-13)19-16(3)10-4-5-11-16;1-10(2)14(16)18-12-6-8-13(9-7-12)19-15(17-5)11(3)4/h4-7,14-17H,1,8-12H2,2-3H3;8-11,14H,1,3-7,12H2,2H3;6-9H,1,4-5,10-11H2,2-3H3;6-9,11,15H,1H2,2-5H3. The lowest BCUT2D eigenvalue weighted by Crippen LogP contribution is -2.59. The summed E-state index contributed by atoms with van der Waals surface area (Å²) in [6.45, 7) is 29.4. The van der Waals surface area contributed by atoms with Crippen LogP contribution in [-0.2, 0) is 28.7 Å². The van der Waals surface area contributed by atoms with Crippen molar-refractivity contribution in [2.75, 3.05) is 13.9 Å². The highest BCUT2D eigenvalue weighted by molar-refractivity contribution is 5.90. The maximum Gasteiger partial charge on any atom is 0.338 e. The van der Waals surface area contributed by atoms with Crippen molar-refractivity contribution in [3.8, 4) is 46.0 Å². The lowest BCUT2D eigenvalue weighted by molar-refractivity contribution is -0.145. The maximum absolute atomic E-state index is 11.6. The monoisotopic (exact) mass is 1140 g/mol. The Kier molecular flexibility index (Phi) is 24.2. The summed E-state index contributed by atoms with van der Waals surface area (Å²) in [5.74, 6) is 6.86. The van der Waals surface area contributed by atoms with E-state index in [0.29, 0.717) is 74.7 Å². The van der Waals surface area contributed by atoms with E-state index in [4.69, 9.17) is 47.4 Å². The molecule has 4 bridgehead atoms. The van der Waals surface area contributed by atoms with Crippen LogP contribution in [0.1, 0.15) is 145 Å². The molecule has 10 rings (SSSR count). The Bertz CT molecular complexity index is 2770. The zero-order valence-electron chi connectivity index (χ0n) is 50.4. The van der Waals surface area contributed by atoms with Crippen LogP contribution in [0, 0.1) is 29.6 Å². The molecular formula is C69H88O14. The Morgan fingerprint density at radius 2 is 0.831 bits per heavy atom. The number of carbonyl (C=O) groups excluding carboxylic acids is 4. The Morgan fingerprint density at radius 1 is 0.482 bits per heavy atom. The van der Waals surface area contributed by atoms with Crippen molar-refractivity contribution in [3.05, 3.63) is 146 Å². The quantitative estimate of drug-likeness (QED) is 0.0356. The van der Waals surface area contributed by atoms with Gasteiger partial charge in [-0.15, -0.1) is 0 Å². The van der Waals surface area contributed by atoms with Crippen LogP contribution in [0.5, 0.6) is 46.0 Å². The zero-order valence-corrected chi connectivity index (χ0v) is 50.4. The molecule has 0 heterocycles. The number of benzene rings is 4. The molecule has 0 aromatic heterocycles. The minimum atomic E-state index is -0.439. The molecule has 14 heteroatoms. The molecule has 14 nitrogen and oxygen atoms in total. The average Bonchev–Trinajstić information content (AvgIpc) is 3.74. The second-order valence-electron chi connectivity index (χ2n) is 23.6. The Labute approximate surface area is 492 Å². The highest BCUT2D eigenvalue weighted by Crippen LogP contribution is 2.59. The molecular weight excluding hydrogens is 1050 g/mol. The van der Waals surface area contributed by atoms with E-state index in [9.17, 15) is 19.2 Å². The first kappa shape index (κ1) is 65.0. The van der Waals surface area contributed by atoms with E-state index in [0.717, 1.165) is 49.0 Å². The van der Waals surface area contributed by atoms with Gasteiger partial charge in [0.2, 0.25) is 6.29 Å². The Hall–Kier alpha value is -7.16. The number of ether oxygens (including phenoxy) is 10. The third kappa shape index (κ3) is 20.3. The normalized spacial score (nSPS) is 21.1. The van der Waals surface area contributed by atoms with Gasteiger partial charge in [0.25, 0.3) is 0 Å². The van der Waals surface area contributed by atoms with Gasteiger partial charge in [0.1, 0.15) is 57.2 Å². The summed E-state index contributed by atoms with van der Waals surface area (Å²) in [5, 5.41) is 0. The van der Waals surface area contributed by atoms with Crippen molar-refractivity contribution in [2.45, 2.75) is 169 Å². The fourth-order valence-corrected chi connectivity index (χ4v) is 11.2. The highest BCUT2D eigenvalue weighted by Gasteiger charge is 2.56. The molecule has 4 aromatic carbocycles. The third-order valence-corrected chi connectivity index (χ3v) is 15.8. The number of methoxy groups -OCH3 is 1. The lowest BCUT2D eigenvalue weighted by atomic mass is 9.50. The van der Waals surface area contributed by atoms with Gasteiger partial charge in [0.05, 0.1) is 6.10 Å². The van der Waals surface area contributed by atoms with Gasteiger partial charge in [-0.3, -0.25) is 0 Å². The van der Waals surface area contributed by atoms with E-state index in [-0.39, 0.29) is 30.2 Å². The van der Waals surface area contributed by atoms with E-state index < -0.39 is 23.9 Å². The molecule has 6 fully saturated rings. The van der Waals surface area contributed by atoms with Gasteiger partial charge in [0, 0.05) is 35.3 Å². The summed E-state index contributed by atoms with van der Waals surface area (Å²) in [6, 6.07) is 28.3. The fourth-order valence-electron chi connectivity index (χ4n) is 11.2. The van der Waals surface area contributed by atoms with Gasteiger partial charge in [-0.05, 0) is 233 Å². The van der Waals surface area contributed by atoms with Crippen molar-refractivity contribution in [3.63, 3.8) is 0 Å². The van der Waals surface area contributed by atoms with Crippen LogP contribution >= 0.6 is 0 Å². The van der Waals surface area contributed by atoms with E-state index in [1.807, 2.05) is 38.1 Å². The molecule has 0 saturated heterocycles. The van der Waals surface area contributed by atoms with Crippen LogP contribution in [0.4, 0.5) is 0 Å². The van der Waals surface area contributed by atoms with Gasteiger partial charge in [-0.1, -0.05) is 59.4 Å². The molecule has 1 atom stereocenters. The fraction of sp³-hybridized carbons (Fsp3) is 0.478. The summed E-state index contributed by atoms with van der Waals surface area (Å²) in [7, 11) is 1.60. The molecule has 0 radical (unpaired) electrons. The second kappa shape index (κ2) is 30.9. The molecule has 6 aliphatic rings. The number of hydrogen-bond acceptors (Lipinski definition) is 14. The highest BCUT2D eigenvalue weighted by atomic mass is 16.7. The molecule has 0 amide bonds. The first-order valence-corrected chi connectivity index (χ1v) is 29.2. The predicted molar refractivity (Wildman–Crippen MR) is 321 cm³/mol. The summed E-state index contributed by atoms with van der Waals surface area (Å²) < 4.78 is 55.2. The van der Waals surface area contributed by atoms with Crippen molar-refractivity contribution in [1.82, 2.24) is 0 Å². The summed E-state index contributed by atoms with van der Waals surface area (Å²) in [5.41, 5.74) is 1.44. The summed E-state index contributed by atoms with van der Waals surface area (Å²) in [6.07, 6.45) is 17.5. The van der Waals surface area contributed by atoms with E-state index >= 15 is 0 Å². The molecule has 83 heavy (non-hydrogen) atoms. The Balaban J connectivity index is 0.000000179. The van der Waals surface area contributed by atoms with Gasteiger partial charge >= 0.3 is 23.9 Å². The minimum absolute atomic E-state index is 0.0384. The van der Waals surface area contributed by atoms with Crippen LogP contribution in [0.15, 0.2) is 146 Å². The molecule has 6 saturated carbocycles. The van der Waals surface area contributed by atoms with E-state index in [2.05, 4.69) is 40.2 Å². The Morgan fingerprint density at radius 3 is 1.19 bits per heavy atom. The molecule has 4 aromatic rings. The van der Waals surface area contributed by atoms with E-state index in [1.165, 1.54) is 64.2 Å². The van der Waals surface area contributed by atoms with Crippen LogP contribution in [0.2, 0.25) is 0 Å². The molecule has 0 aliphatic heterocycles. The minimum Gasteiger partial charge on any atom is -0.488 e. The number of rotatable bonds is 20. The van der Waals surface area contributed by atoms with Gasteiger partial charge in [-0.25, -0.2) is 19.2 Å². The number of hydrogen-bond donors (Lipinski definition) is 0. The summed E-state index contributed by atoms with van der Waals surface area (Å²) in [4.78, 5) is 45.7. The van der Waals surface area contributed by atoms with Crippen LogP contribution in [-0.4, -0.2) is 61.4 Å². The maximum atomic E-state index is 11.6. The van der Waals surface area contributed by atoms with Crippen molar-refractivity contribution in [1.29, 1.82) is 0 Å². The van der Waals surface area contributed by atoms with Gasteiger partial charge in [-0.2, -0.15) is 0 Å². The average molecular weight is 1140 g/mol. The van der Waals surface area contributed by atoms with Crippen LogP contribution in [0.25, 0.3) is 0 Å². The SMILES string of the molecule is C=C(C)C(=O)Oc1ccc(OC(OC)C(C)C)cc1.C=C(C)C(=O)Oc1ccc(OC2(C)C3CC4CC(C3)CC2C4)cc1.C=C(C)C(=O)Oc1ccc(OC2(C)CCCC2)cc1.C=C(C)C(=O)Oc1ccc(OCOC2CCCCC2)cc1. The lowest BCUT2D eigenvalue weighted by Gasteiger charge is -2.59. The smallest absolute Gasteiger partial charge is 0.338 e. The van der Waals surface area contributed by atoms with E-state index in [1.54, 1.807) is 108 Å². The van der Waals surface area contributed by atoms with Gasteiger partial charge < -0.3 is 47.4 Å². The first-order valence-electron chi connectivity index (χ1n) is 29.2. The number of esters is 4. The van der Waals surface area contributed by atoms with Crippen molar-refractivity contribution in [2.24, 2.45) is 29.6 Å². The number of carbonyl (C=O) groups is 4. The van der Waals surface area contributed by atoms with Crippen LogP contribution < -0.4 is 37.9 Å². The largest absolute Gasteiger partial charge is 0.488 e.